The van der Waals surface area contributed by atoms with Crippen molar-refractivity contribution >= 4 is 39.4 Å². The zero-order chi connectivity index (χ0) is 28.9. The fraction of sp³-hybridized carbons (Fsp3) is 0.280. The molecule has 41 heavy (non-hydrogen) atoms. The summed E-state index contributed by atoms with van der Waals surface area (Å²) >= 11 is 2.19. The molecule has 0 aliphatic heterocycles. The van der Waals surface area contributed by atoms with Crippen LogP contribution in [0.2, 0.25) is 0 Å². The molecule has 1 fully saturated rings. The average molecular weight is 698 g/mol. The monoisotopic (exact) mass is 698 g/mol. The van der Waals surface area contributed by atoms with Gasteiger partial charge in [-0.1, -0.05) is 6.07 Å². The van der Waals surface area contributed by atoms with Gasteiger partial charge in [0.05, 0.1) is 30.9 Å². The highest BCUT2D eigenvalue weighted by Gasteiger charge is 2.35. The Bertz CT molecular complexity index is 1770. The molecule has 212 valence electrons. The van der Waals surface area contributed by atoms with Gasteiger partial charge in [-0.3, -0.25) is 0 Å². The molecular weight excluding hydrogens is 678 g/mol. The van der Waals surface area contributed by atoms with Crippen LogP contribution in [-0.2, 0) is 19.8 Å². The van der Waals surface area contributed by atoms with Crippen molar-refractivity contribution in [2.24, 2.45) is 7.05 Å². The van der Waals surface area contributed by atoms with Crippen molar-refractivity contribution in [3.63, 3.8) is 0 Å². The molecule has 5 aromatic rings. The van der Waals surface area contributed by atoms with Crippen LogP contribution in [0.4, 0.5) is 17.6 Å². The van der Waals surface area contributed by atoms with E-state index in [9.17, 15) is 13.2 Å². The number of halogens is 5. The van der Waals surface area contributed by atoms with E-state index in [4.69, 9.17) is 14.5 Å². The van der Waals surface area contributed by atoms with Crippen molar-refractivity contribution < 1.29 is 27.0 Å². The summed E-state index contributed by atoms with van der Waals surface area (Å²) in [6, 6.07) is 4.13. The average Bonchev–Trinajstić information content (AvgIpc) is 3.59. The number of rotatable bonds is 8. The normalized spacial score (nSPS) is 13.9. The van der Waals surface area contributed by atoms with Gasteiger partial charge in [-0.25, -0.2) is 28.8 Å². The third-order valence-corrected chi connectivity index (χ3v) is 8.34. The summed E-state index contributed by atoms with van der Waals surface area (Å²) < 4.78 is 68.7. The SMILES string of the molecule is COc1ncnc(C2CC2)c1-c1nc(OCc2ccc(-c3nc(C(F)(F)F)cn3C)c(F)c2)c2nn(PI)cc2n1. The first-order valence-corrected chi connectivity index (χ1v) is 16.3. The smallest absolute Gasteiger partial charge is 0.434 e. The number of aromatic nitrogens is 8. The zero-order valence-corrected chi connectivity index (χ0v) is 24.6. The standard InChI is InChI=1S/C25H20F4IN8O2P/c1-37-9-17(25(27,28)29)34-22(37)14-6-3-12(7-15(14)26)10-40-24-20-16(8-38(36-20)41-30)33-21(35-24)18-19(13-4-5-13)31-11-32-23(18)39-2/h3,6-9,11,13,41H,4-5,10H2,1-2H3. The second kappa shape index (κ2) is 10.7. The van der Waals surface area contributed by atoms with Gasteiger partial charge >= 0.3 is 6.18 Å². The van der Waals surface area contributed by atoms with E-state index in [-0.39, 0.29) is 29.8 Å². The Kier molecular flexibility index (Phi) is 7.26. The predicted molar refractivity (Wildman–Crippen MR) is 151 cm³/mol. The number of fused-ring (bicyclic) bond motifs is 1. The molecule has 1 aromatic carbocycles. The number of benzene rings is 1. The molecule has 1 aliphatic rings. The summed E-state index contributed by atoms with van der Waals surface area (Å²) in [6.45, 7) is -0.0889. The summed E-state index contributed by atoms with van der Waals surface area (Å²) in [5.41, 5.74) is 1.61. The van der Waals surface area contributed by atoms with E-state index in [1.165, 1.54) is 32.6 Å². The topological polar surface area (TPSA) is 106 Å². The predicted octanol–water partition coefficient (Wildman–Crippen LogP) is 6.10. The maximum Gasteiger partial charge on any atom is 0.434 e. The summed E-state index contributed by atoms with van der Waals surface area (Å²) in [4.78, 5) is 21.7. The molecule has 0 spiro atoms. The van der Waals surface area contributed by atoms with Crippen LogP contribution in [0, 0.1) is 5.82 Å². The summed E-state index contributed by atoms with van der Waals surface area (Å²) in [7, 11) is 2.89. The Morgan fingerprint density at radius 2 is 1.90 bits per heavy atom. The molecule has 0 amide bonds. The third kappa shape index (κ3) is 5.44. The number of methoxy groups -OCH3 is 1. The molecule has 6 rings (SSSR count). The van der Waals surface area contributed by atoms with Gasteiger partial charge in [0, 0.05) is 19.2 Å². The van der Waals surface area contributed by atoms with E-state index in [1.54, 1.807) is 16.7 Å². The Morgan fingerprint density at radius 1 is 1.10 bits per heavy atom. The van der Waals surface area contributed by atoms with Crippen molar-refractivity contribution in [2.75, 3.05) is 7.11 Å². The molecule has 16 heteroatoms. The quantitative estimate of drug-likeness (QED) is 0.109. The van der Waals surface area contributed by atoms with Crippen LogP contribution in [0.1, 0.15) is 35.7 Å². The molecular formula is C25H20F4IN8O2P. The molecule has 1 aliphatic carbocycles. The zero-order valence-electron chi connectivity index (χ0n) is 21.4. The molecule has 1 unspecified atom stereocenters. The van der Waals surface area contributed by atoms with Crippen molar-refractivity contribution in [2.45, 2.75) is 31.5 Å². The molecule has 10 nitrogen and oxygen atoms in total. The Morgan fingerprint density at radius 3 is 2.56 bits per heavy atom. The largest absolute Gasteiger partial charge is 0.480 e. The lowest BCUT2D eigenvalue weighted by Gasteiger charge is -2.12. The van der Waals surface area contributed by atoms with Gasteiger partial charge in [0.25, 0.3) is 0 Å². The molecule has 1 atom stereocenters. The summed E-state index contributed by atoms with van der Waals surface area (Å²) in [6.07, 6.45) is 1.70. The maximum absolute atomic E-state index is 15.1. The van der Waals surface area contributed by atoms with E-state index < -0.39 is 17.7 Å². The van der Waals surface area contributed by atoms with Gasteiger partial charge in [0.15, 0.2) is 17.0 Å². The van der Waals surface area contributed by atoms with Crippen LogP contribution in [0.15, 0.2) is 36.9 Å². The Hall–Kier alpha value is -3.46. The van der Waals surface area contributed by atoms with E-state index in [0.29, 0.717) is 40.2 Å². The molecule has 0 bridgehead atoms. The highest BCUT2D eigenvalue weighted by atomic mass is 127. The second-order valence-corrected chi connectivity index (χ2v) is 11.4. The van der Waals surface area contributed by atoms with Crippen molar-refractivity contribution in [3.05, 3.63) is 59.7 Å². The van der Waals surface area contributed by atoms with Crippen LogP contribution < -0.4 is 9.47 Å². The number of aryl methyl sites for hydroxylation is 1. The van der Waals surface area contributed by atoms with Crippen molar-refractivity contribution in [1.29, 1.82) is 0 Å². The van der Waals surface area contributed by atoms with Crippen molar-refractivity contribution in [3.8, 4) is 34.5 Å². The first-order valence-electron chi connectivity index (χ1n) is 12.2. The van der Waals surface area contributed by atoms with Crippen LogP contribution in [0.25, 0.3) is 33.8 Å². The Balaban J connectivity index is 1.34. The number of hydrogen-bond acceptors (Lipinski definition) is 8. The minimum absolute atomic E-state index is 0.0657. The van der Waals surface area contributed by atoms with E-state index in [2.05, 4.69) is 47.1 Å². The van der Waals surface area contributed by atoms with Crippen LogP contribution >= 0.6 is 28.4 Å². The van der Waals surface area contributed by atoms with Gasteiger partial charge in [-0.05, 0) is 52.6 Å². The van der Waals surface area contributed by atoms with E-state index in [0.717, 1.165) is 29.3 Å². The second-order valence-electron chi connectivity index (χ2n) is 9.32. The molecule has 1 saturated carbocycles. The number of imidazole rings is 1. The van der Waals surface area contributed by atoms with Crippen LogP contribution in [0.3, 0.4) is 0 Å². The van der Waals surface area contributed by atoms with Crippen LogP contribution in [-0.4, -0.2) is 46.1 Å². The minimum Gasteiger partial charge on any atom is -0.480 e. The van der Waals surface area contributed by atoms with Crippen LogP contribution in [0.5, 0.6) is 11.8 Å². The van der Waals surface area contributed by atoms with Crippen molar-refractivity contribution in [1.82, 2.24) is 39.0 Å². The maximum atomic E-state index is 15.1. The molecule has 4 aromatic heterocycles. The summed E-state index contributed by atoms with van der Waals surface area (Å²) in [5, 5.41) is 4.53. The summed E-state index contributed by atoms with van der Waals surface area (Å²) in [5.74, 6) is 0.222. The molecule has 0 radical (unpaired) electrons. The highest BCUT2D eigenvalue weighted by Crippen LogP contribution is 2.45. The minimum atomic E-state index is -4.64. The highest BCUT2D eigenvalue weighted by molar-refractivity contribution is 14.2. The fourth-order valence-corrected chi connectivity index (χ4v) is 5.44. The van der Waals surface area contributed by atoms with E-state index >= 15 is 4.39 Å². The number of alkyl halides is 3. The lowest BCUT2D eigenvalue weighted by atomic mass is 10.1. The first-order chi connectivity index (χ1) is 19.7. The Labute approximate surface area is 244 Å². The number of ether oxygens (including phenoxy) is 2. The van der Waals surface area contributed by atoms with Gasteiger partial charge in [0.2, 0.25) is 11.8 Å². The molecule has 4 heterocycles. The first kappa shape index (κ1) is 27.7. The number of nitrogens with zero attached hydrogens (tertiary/aromatic N) is 8. The lowest BCUT2D eigenvalue weighted by molar-refractivity contribution is -0.140. The van der Waals surface area contributed by atoms with Gasteiger partial charge < -0.3 is 14.0 Å². The lowest BCUT2D eigenvalue weighted by Crippen LogP contribution is -2.05. The molecule has 0 saturated heterocycles. The van der Waals surface area contributed by atoms with E-state index in [1.807, 2.05) is 0 Å². The third-order valence-electron chi connectivity index (χ3n) is 6.46. The fourth-order valence-electron chi connectivity index (χ4n) is 4.39. The molecule has 0 N–H and O–H groups in total. The van der Waals surface area contributed by atoms with Gasteiger partial charge in [-0.2, -0.15) is 23.3 Å². The van der Waals surface area contributed by atoms with Gasteiger partial charge in [0.1, 0.15) is 35.7 Å². The van der Waals surface area contributed by atoms with Gasteiger partial charge in [-0.15, -0.1) is 0 Å². The number of hydrogen-bond donors (Lipinski definition) is 0.